The van der Waals surface area contributed by atoms with Crippen molar-refractivity contribution in [1.29, 1.82) is 0 Å². The van der Waals surface area contributed by atoms with E-state index in [0.717, 1.165) is 0 Å². The predicted octanol–water partition coefficient (Wildman–Crippen LogP) is 4.05. The van der Waals surface area contributed by atoms with Gasteiger partial charge in [-0.2, -0.15) is 8.78 Å². The number of halogens is 2. The van der Waals surface area contributed by atoms with Crippen molar-refractivity contribution in [2.45, 2.75) is 17.6 Å². The van der Waals surface area contributed by atoms with Crippen LogP contribution < -0.4 is 5.32 Å². The van der Waals surface area contributed by atoms with Crippen LogP contribution >= 0.6 is 11.8 Å². The van der Waals surface area contributed by atoms with Crippen LogP contribution in [0.1, 0.15) is 16.2 Å². The molecule has 0 spiro atoms. The van der Waals surface area contributed by atoms with Gasteiger partial charge in [0.05, 0.1) is 16.3 Å². The van der Waals surface area contributed by atoms with E-state index in [-0.39, 0.29) is 11.4 Å². The molecule has 144 valence electrons. The minimum atomic E-state index is -2.57. The first-order valence-electron chi connectivity index (χ1n) is 7.88. The molecule has 0 atom stereocenters. The zero-order valence-electron chi connectivity index (χ0n) is 14.4. The van der Waals surface area contributed by atoms with Crippen molar-refractivity contribution < 1.29 is 18.5 Å². The highest BCUT2D eigenvalue weighted by Crippen LogP contribution is 2.27. The maximum atomic E-state index is 12.5. The topological polar surface area (TPSA) is 103 Å². The van der Waals surface area contributed by atoms with E-state index in [2.05, 4.69) is 15.6 Å². The summed E-state index contributed by atoms with van der Waals surface area (Å²) in [5.41, 5.74) is 0.981. The summed E-state index contributed by atoms with van der Waals surface area (Å²) in [5, 5.41) is 21.2. The molecule has 11 heteroatoms. The molecule has 1 N–H and O–H groups in total. The van der Waals surface area contributed by atoms with Crippen molar-refractivity contribution in [2.24, 2.45) is 0 Å². The molecule has 0 unspecified atom stereocenters. The van der Waals surface area contributed by atoms with Gasteiger partial charge in [0.25, 0.3) is 17.4 Å². The maximum Gasteiger partial charge on any atom is 0.288 e. The van der Waals surface area contributed by atoms with E-state index in [1.54, 1.807) is 25.1 Å². The van der Waals surface area contributed by atoms with Crippen LogP contribution in [0.25, 0.3) is 5.69 Å². The second-order valence-electron chi connectivity index (χ2n) is 5.57. The lowest BCUT2D eigenvalue weighted by atomic mass is 10.2. The number of hydrogen-bond donors (Lipinski definition) is 1. The quantitative estimate of drug-likeness (QED) is 0.377. The second-order valence-corrected chi connectivity index (χ2v) is 6.64. The Morgan fingerprint density at radius 2 is 2.00 bits per heavy atom. The Labute approximate surface area is 161 Å². The molecule has 3 rings (SSSR count). The molecule has 3 aromatic rings. The van der Waals surface area contributed by atoms with Crippen LogP contribution in [-0.2, 0) is 0 Å². The van der Waals surface area contributed by atoms with Crippen LogP contribution in [0.3, 0.4) is 0 Å². The summed E-state index contributed by atoms with van der Waals surface area (Å²) in [6, 6.07) is 11.8. The number of rotatable bonds is 6. The highest BCUT2D eigenvalue weighted by molar-refractivity contribution is 7.99. The summed E-state index contributed by atoms with van der Waals surface area (Å²) in [6.07, 6.45) is 0. The predicted molar refractivity (Wildman–Crippen MR) is 99.0 cm³/mol. The fourth-order valence-corrected chi connectivity index (χ4v) is 3.02. The van der Waals surface area contributed by atoms with Gasteiger partial charge in [0, 0.05) is 22.7 Å². The number of benzene rings is 2. The standard InChI is InChI=1S/C17H13F2N5O3S/c1-10-15(16(25)20-11-4-2-7-14(8-11)28-17(18)19)21-22-23(10)12-5-3-6-13(9-12)24(26)27/h2-9,17H,1H3,(H,20,25). The van der Waals surface area contributed by atoms with Gasteiger partial charge >= 0.3 is 0 Å². The monoisotopic (exact) mass is 405 g/mol. The Hall–Kier alpha value is -3.34. The molecule has 0 radical (unpaired) electrons. The number of nitro groups is 1. The van der Waals surface area contributed by atoms with Gasteiger partial charge in [-0.3, -0.25) is 14.9 Å². The molecule has 1 amide bonds. The largest absolute Gasteiger partial charge is 0.320 e. The summed E-state index contributed by atoms with van der Waals surface area (Å²) in [5.74, 6) is -3.14. The number of aromatic nitrogens is 3. The zero-order valence-corrected chi connectivity index (χ0v) is 15.2. The normalized spacial score (nSPS) is 10.9. The summed E-state index contributed by atoms with van der Waals surface area (Å²) in [4.78, 5) is 23.2. The fraction of sp³-hybridized carbons (Fsp3) is 0.118. The molecule has 2 aromatic carbocycles. The average Bonchev–Trinajstić information content (AvgIpc) is 3.03. The molecule has 0 aliphatic carbocycles. The number of alkyl halides is 2. The maximum absolute atomic E-state index is 12.5. The Kier molecular flexibility index (Phi) is 5.64. The van der Waals surface area contributed by atoms with Crippen molar-refractivity contribution in [3.05, 3.63) is 70.0 Å². The molecule has 1 heterocycles. The van der Waals surface area contributed by atoms with Gasteiger partial charge in [0.15, 0.2) is 5.69 Å². The van der Waals surface area contributed by atoms with Gasteiger partial charge in [0.2, 0.25) is 0 Å². The first kappa shape index (κ1) is 19.4. The number of non-ortho nitro benzene ring substituents is 1. The van der Waals surface area contributed by atoms with Gasteiger partial charge in [-0.05, 0) is 31.2 Å². The second kappa shape index (κ2) is 8.13. The van der Waals surface area contributed by atoms with Crippen LogP contribution in [0.2, 0.25) is 0 Å². The number of carbonyl (C=O) groups excluding carboxylic acids is 1. The SMILES string of the molecule is Cc1c(C(=O)Nc2cccc(SC(F)F)c2)nnn1-c1cccc([N+](=O)[O-])c1. The van der Waals surface area contributed by atoms with E-state index in [1.165, 1.54) is 35.0 Å². The number of nitrogens with one attached hydrogen (secondary N) is 1. The number of nitro benzene ring substituents is 1. The molecule has 1 aromatic heterocycles. The number of thioether (sulfide) groups is 1. The van der Waals surface area contributed by atoms with E-state index in [1.807, 2.05) is 0 Å². The Morgan fingerprint density at radius 3 is 2.71 bits per heavy atom. The average molecular weight is 405 g/mol. The summed E-state index contributed by atoms with van der Waals surface area (Å²) in [6.45, 7) is 1.59. The van der Waals surface area contributed by atoms with Gasteiger partial charge in [0.1, 0.15) is 0 Å². The summed E-state index contributed by atoms with van der Waals surface area (Å²) in [7, 11) is 0. The van der Waals surface area contributed by atoms with Crippen molar-refractivity contribution in [3.63, 3.8) is 0 Å². The number of anilines is 1. The minimum absolute atomic E-state index is 0.0124. The number of amides is 1. The summed E-state index contributed by atoms with van der Waals surface area (Å²) < 4.78 is 26.3. The van der Waals surface area contributed by atoms with Crippen LogP contribution in [-0.4, -0.2) is 31.6 Å². The molecule has 0 aliphatic rings. The van der Waals surface area contributed by atoms with Gasteiger partial charge in [-0.1, -0.05) is 29.1 Å². The first-order valence-corrected chi connectivity index (χ1v) is 8.76. The Balaban J connectivity index is 1.83. The smallest absolute Gasteiger partial charge is 0.288 e. The highest BCUT2D eigenvalue weighted by Gasteiger charge is 2.19. The molecule has 0 saturated carbocycles. The lowest BCUT2D eigenvalue weighted by molar-refractivity contribution is -0.384. The Bertz CT molecular complexity index is 1040. The molecular formula is C17H13F2N5O3S. The first-order chi connectivity index (χ1) is 13.3. The van der Waals surface area contributed by atoms with E-state index < -0.39 is 16.6 Å². The van der Waals surface area contributed by atoms with Crippen LogP contribution in [0.15, 0.2) is 53.4 Å². The van der Waals surface area contributed by atoms with Crippen LogP contribution in [0, 0.1) is 17.0 Å². The highest BCUT2D eigenvalue weighted by atomic mass is 32.2. The van der Waals surface area contributed by atoms with E-state index in [0.29, 0.717) is 33.7 Å². The third-order valence-electron chi connectivity index (χ3n) is 3.71. The van der Waals surface area contributed by atoms with Crippen molar-refractivity contribution in [2.75, 3.05) is 5.32 Å². The van der Waals surface area contributed by atoms with Crippen molar-refractivity contribution in [1.82, 2.24) is 15.0 Å². The third kappa shape index (κ3) is 4.31. The van der Waals surface area contributed by atoms with E-state index in [4.69, 9.17) is 0 Å². The fourth-order valence-electron chi connectivity index (χ4n) is 2.46. The van der Waals surface area contributed by atoms with Crippen LogP contribution in [0.4, 0.5) is 20.2 Å². The third-order valence-corrected chi connectivity index (χ3v) is 4.42. The number of carbonyl (C=O) groups is 1. The van der Waals surface area contributed by atoms with E-state index >= 15 is 0 Å². The van der Waals surface area contributed by atoms with Crippen LogP contribution in [0.5, 0.6) is 0 Å². The lowest BCUT2D eigenvalue weighted by Crippen LogP contribution is -2.14. The Morgan fingerprint density at radius 1 is 1.25 bits per heavy atom. The minimum Gasteiger partial charge on any atom is -0.320 e. The van der Waals surface area contributed by atoms with Crippen molar-refractivity contribution in [3.8, 4) is 5.69 Å². The molecule has 8 nitrogen and oxygen atoms in total. The number of hydrogen-bond acceptors (Lipinski definition) is 6. The lowest BCUT2D eigenvalue weighted by Gasteiger charge is -2.07. The molecule has 0 saturated heterocycles. The molecule has 0 aliphatic heterocycles. The van der Waals surface area contributed by atoms with Crippen molar-refractivity contribution >= 4 is 29.0 Å². The van der Waals surface area contributed by atoms with Gasteiger partial charge in [-0.25, -0.2) is 4.68 Å². The zero-order chi connectivity index (χ0) is 20.3. The van der Waals surface area contributed by atoms with Gasteiger partial charge in [-0.15, -0.1) is 5.10 Å². The summed E-state index contributed by atoms with van der Waals surface area (Å²) >= 11 is 0.372. The molecule has 0 bridgehead atoms. The number of nitrogens with zero attached hydrogens (tertiary/aromatic N) is 4. The molecular weight excluding hydrogens is 392 g/mol. The molecule has 28 heavy (non-hydrogen) atoms. The van der Waals surface area contributed by atoms with E-state index in [9.17, 15) is 23.7 Å². The molecule has 0 fully saturated rings. The van der Waals surface area contributed by atoms with Gasteiger partial charge < -0.3 is 5.32 Å².